The van der Waals surface area contributed by atoms with Gasteiger partial charge in [0.1, 0.15) is 11.4 Å². The highest BCUT2D eigenvalue weighted by molar-refractivity contribution is 6.35. The molecule has 0 radical (unpaired) electrons. The first kappa shape index (κ1) is 30.7. The second-order valence-corrected chi connectivity index (χ2v) is 12.2. The zero-order chi connectivity index (χ0) is 32.2. The number of hydrogen-bond acceptors (Lipinski definition) is 6. The zero-order valence-electron chi connectivity index (χ0n) is 25.7. The fourth-order valence-corrected chi connectivity index (χ4v) is 6.65. The smallest absolute Gasteiger partial charge is 0.373 e. The van der Waals surface area contributed by atoms with Crippen LogP contribution in [0.1, 0.15) is 62.0 Å². The maximum atomic E-state index is 14.4. The fourth-order valence-electron chi connectivity index (χ4n) is 6.29. The molecule has 0 bridgehead atoms. The molecule has 2 N–H and O–H groups in total. The van der Waals surface area contributed by atoms with Gasteiger partial charge >= 0.3 is 5.97 Å². The van der Waals surface area contributed by atoms with E-state index in [4.69, 9.17) is 27.9 Å². The quantitative estimate of drug-likeness (QED) is 0.184. The van der Waals surface area contributed by atoms with E-state index in [-0.39, 0.29) is 17.7 Å². The van der Waals surface area contributed by atoms with Gasteiger partial charge in [0, 0.05) is 47.4 Å². The molecule has 5 aromatic rings. The summed E-state index contributed by atoms with van der Waals surface area (Å²) >= 11 is 13.3. The average molecular weight is 651 g/mol. The molecule has 0 saturated carbocycles. The number of carboxylic acid groups (broad SMARTS) is 1. The van der Waals surface area contributed by atoms with Crippen LogP contribution in [0.4, 0.5) is 5.95 Å². The number of hydrogen-bond donors (Lipinski definition) is 2. The van der Waals surface area contributed by atoms with Crippen LogP contribution in [0.3, 0.4) is 0 Å². The van der Waals surface area contributed by atoms with E-state index in [0.717, 1.165) is 60.9 Å². The Morgan fingerprint density at radius 2 is 1.82 bits per heavy atom. The Morgan fingerprint density at radius 1 is 1.09 bits per heavy atom. The van der Waals surface area contributed by atoms with Crippen LogP contribution in [-0.2, 0) is 20.0 Å². The molecule has 0 unspecified atom stereocenters. The topological polar surface area (TPSA) is 131 Å². The van der Waals surface area contributed by atoms with Crippen molar-refractivity contribution in [3.8, 4) is 16.9 Å². The van der Waals surface area contributed by atoms with E-state index < -0.39 is 5.97 Å². The van der Waals surface area contributed by atoms with E-state index in [0.29, 0.717) is 49.7 Å². The number of anilines is 1. The minimum atomic E-state index is -1.25. The number of carboxylic acids is 1. The number of carbonyl (C=O) groups is 2. The lowest BCUT2D eigenvalue weighted by molar-refractivity contribution is 0.0683. The first-order valence-corrected chi connectivity index (χ1v) is 15.4. The number of nitrogens with one attached hydrogen (secondary N) is 1. The second kappa shape index (κ2) is 11.9. The van der Waals surface area contributed by atoms with Crippen LogP contribution in [0.15, 0.2) is 24.3 Å². The highest BCUT2D eigenvalue weighted by Crippen LogP contribution is 2.43. The first-order valence-electron chi connectivity index (χ1n) is 14.7. The second-order valence-electron chi connectivity index (χ2n) is 11.4. The molecule has 1 aliphatic rings. The zero-order valence-corrected chi connectivity index (χ0v) is 27.2. The number of benzene rings is 2. The molecule has 0 aliphatic carbocycles. The summed E-state index contributed by atoms with van der Waals surface area (Å²) in [6, 6.07) is 7.69. The summed E-state index contributed by atoms with van der Waals surface area (Å²) in [7, 11) is 1.90. The van der Waals surface area contributed by atoms with Crippen LogP contribution in [0, 0.1) is 27.7 Å². The van der Waals surface area contributed by atoms with Gasteiger partial charge in [0.05, 0.1) is 22.8 Å². The van der Waals surface area contributed by atoms with E-state index in [1.165, 1.54) is 4.90 Å². The molecule has 1 amide bonds. The van der Waals surface area contributed by atoms with Crippen LogP contribution in [0.2, 0.25) is 10.0 Å². The molecule has 1 aliphatic heterocycles. The Morgan fingerprint density at radius 3 is 2.47 bits per heavy atom. The third-order valence-electron chi connectivity index (χ3n) is 8.42. The Labute approximate surface area is 269 Å². The monoisotopic (exact) mass is 649 g/mol. The van der Waals surface area contributed by atoms with Crippen LogP contribution in [0.5, 0.6) is 5.75 Å². The van der Waals surface area contributed by atoms with Crippen LogP contribution >= 0.6 is 23.2 Å². The van der Waals surface area contributed by atoms with Gasteiger partial charge in [-0.1, -0.05) is 29.3 Å². The molecule has 0 fully saturated rings. The summed E-state index contributed by atoms with van der Waals surface area (Å²) in [4.78, 5) is 31.4. The van der Waals surface area contributed by atoms with Crippen LogP contribution in [0.25, 0.3) is 22.0 Å². The fraction of sp³-hybridized carbons (Fsp3) is 0.344. The van der Waals surface area contributed by atoms with Gasteiger partial charge < -0.3 is 14.4 Å². The lowest BCUT2D eigenvalue weighted by Gasteiger charge is -2.17. The van der Waals surface area contributed by atoms with Crippen molar-refractivity contribution in [2.24, 2.45) is 7.05 Å². The van der Waals surface area contributed by atoms with Crippen molar-refractivity contribution >= 4 is 51.9 Å². The number of fused-ring (bicyclic) bond motifs is 3. The number of carbonyl (C=O) groups excluding carboxylic acids is 1. The van der Waals surface area contributed by atoms with Gasteiger partial charge in [-0.05, 0) is 81.8 Å². The van der Waals surface area contributed by atoms with Gasteiger partial charge in [-0.25, -0.2) is 4.79 Å². The summed E-state index contributed by atoms with van der Waals surface area (Å²) in [5.41, 5.74) is 7.70. The summed E-state index contributed by atoms with van der Waals surface area (Å²) in [6.45, 7) is 9.14. The normalized spacial score (nSPS) is 13.4. The number of aryl methyl sites for hydroxylation is 6. The van der Waals surface area contributed by atoms with E-state index in [1.54, 1.807) is 0 Å². The number of halogens is 2. The predicted octanol–water partition coefficient (Wildman–Crippen LogP) is 6.46. The summed E-state index contributed by atoms with van der Waals surface area (Å²) < 4.78 is 10.0. The lowest BCUT2D eigenvalue weighted by Crippen LogP contribution is -2.32. The molecule has 0 atom stereocenters. The summed E-state index contributed by atoms with van der Waals surface area (Å²) in [5.74, 6) is -1.12. The van der Waals surface area contributed by atoms with Crippen molar-refractivity contribution in [3.05, 3.63) is 73.9 Å². The van der Waals surface area contributed by atoms with E-state index in [9.17, 15) is 14.7 Å². The van der Waals surface area contributed by atoms with Crippen molar-refractivity contribution in [3.63, 3.8) is 0 Å². The van der Waals surface area contributed by atoms with Crippen LogP contribution < -0.4 is 9.64 Å². The molecule has 0 saturated heterocycles. The van der Waals surface area contributed by atoms with E-state index >= 15 is 0 Å². The maximum Gasteiger partial charge on any atom is 0.373 e. The van der Waals surface area contributed by atoms with Crippen molar-refractivity contribution in [2.75, 3.05) is 18.1 Å². The Hall–Kier alpha value is -4.35. The van der Waals surface area contributed by atoms with E-state index in [1.807, 2.05) is 63.7 Å². The van der Waals surface area contributed by atoms with Gasteiger partial charge in [-0.2, -0.15) is 10.1 Å². The first-order chi connectivity index (χ1) is 21.5. The number of aromatic carboxylic acids is 1. The summed E-state index contributed by atoms with van der Waals surface area (Å²) in [6.07, 6.45) is 1.77. The molecule has 13 heteroatoms. The molecule has 2 aromatic carbocycles. The number of aromatic nitrogens is 6. The number of nitrogens with zero attached hydrogens (tertiary/aromatic N) is 6. The van der Waals surface area contributed by atoms with Crippen molar-refractivity contribution in [2.45, 2.75) is 53.5 Å². The average Bonchev–Trinajstić information content (AvgIpc) is 3.63. The van der Waals surface area contributed by atoms with Crippen molar-refractivity contribution < 1.29 is 19.4 Å². The Bertz CT molecular complexity index is 1970. The van der Waals surface area contributed by atoms with Gasteiger partial charge in [0.15, 0.2) is 0 Å². The van der Waals surface area contributed by atoms with Gasteiger partial charge in [0.2, 0.25) is 5.82 Å². The highest BCUT2D eigenvalue weighted by Gasteiger charge is 2.34. The highest BCUT2D eigenvalue weighted by atomic mass is 35.5. The molecular weight excluding hydrogens is 617 g/mol. The molecule has 4 heterocycles. The third kappa shape index (κ3) is 5.33. The minimum Gasteiger partial charge on any atom is -0.494 e. The van der Waals surface area contributed by atoms with Gasteiger partial charge in [-0.3, -0.25) is 19.5 Å². The number of amides is 1. The van der Waals surface area contributed by atoms with Crippen molar-refractivity contribution in [1.29, 1.82) is 0 Å². The largest absolute Gasteiger partial charge is 0.494 e. The van der Waals surface area contributed by atoms with Gasteiger partial charge in [0.25, 0.3) is 11.9 Å². The van der Waals surface area contributed by atoms with E-state index in [2.05, 4.69) is 24.8 Å². The molecule has 11 nitrogen and oxygen atoms in total. The van der Waals surface area contributed by atoms with Gasteiger partial charge in [-0.15, -0.1) is 5.10 Å². The number of H-pyrrole nitrogens is 1. The molecule has 0 spiro atoms. The molecule has 45 heavy (non-hydrogen) atoms. The number of ether oxygens (including phenoxy) is 1. The standard InChI is InChI=1S/C32H33Cl2N7O4/c1-16-14-20(15-17(2)26(16)34)45-13-6-8-21-22-9-10-23(33)25(24-18(3)38-39(5)19(24)4)27(22)40-11-7-12-41(30(42)28(21)40)32-35-29(31(43)44)36-37-32/h9-10,14-15H,6-8,11-13H2,1-5H3,(H,43,44)(H,35,36,37). The third-order valence-corrected chi connectivity index (χ3v) is 9.33. The number of rotatable bonds is 8. The lowest BCUT2D eigenvalue weighted by atomic mass is 9.98. The SMILES string of the molecule is Cc1cc(OCCCc2c3n(c4c(-c5c(C)nn(C)c5C)c(Cl)ccc24)CCCN(c2n[nH]c(C(=O)O)n2)C3=O)cc(C)c1Cl. The maximum absolute atomic E-state index is 14.4. The Kier molecular flexibility index (Phi) is 8.09. The molecule has 3 aromatic heterocycles. The molecular formula is C32H33Cl2N7O4. The number of aromatic amines is 1. The molecule has 234 valence electrons. The van der Waals surface area contributed by atoms with Crippen LogP contribution in [-0.4, -0.2) is 59.7 Å². The Balaban J connectivity index is 1.46. The summed E-state index contributed by atoms with van der Waals surface area (Å²) in [5, 5.41) is 22.7. The molecule has 6 rings (SSSR count). The predicted molar refractivity (Wildman–Crippen MR) is 173 cm³/mol. The minimum absolute atomic E-state index is 0.0241. The van der Waals surface area contributed by atoms with Crippen molar-refractivity contribution in [1.82, 2.24) is 29.5 Å².